The number of non-ortho nitro benzene ring substituents is 1. The summed E-state index contributed by atoms with van der Waals surface area (Å²) in [4.78, 5) is 23.3. The van der Waals surface area contributed by atoms with Crippen molar-refractivity contribution in [2.24, 2.45) is 5.10 Å². The molecule has 3 aromatic rings. The smallest absolute Gasteiger partial charge is 0.270 e. The van der Waals surface area contributed by atoms with Crippen LogP contribution < -0.4 is 14.5 Å². The molecule has 0 unspecified atom stereocenters. The summed E-state index contributed by atoms with van der Waals surface area (Å²) < 4.78 is 33.5. The fourth-order valence-corrected chi connectivity index (χ4v) is 4.63. The number of nitrogens with zero attached hydrogens (tertiary/aromatic N) is 3. The van der Waals surface area contributed by atoms with Crippen molar-refractivity contribution < 1.29 is 22.9 Å². The van der Waals surface area contributed by atoms with E-state index in [1.807, 2.05) is 0 Å². The van der Waals surface area contributed by atoms with Gasteiger partial charge in [0, 0.05) is 17.7 Å². The van der Waals surface area contributed by atoms with E-state index in [1.165, 1.54) is 30.3 Å². The molecule has 0 atom stereocenters. The molecule has 35 heavy (non-hydrogen) atoms. The van der Waals surface area contributed by atoms with Crippen LogP contribution in [0.15, 0.2) is 88.9 Å². The van der Waals surface area contributed by atoms with E-state index in [1.54, 1.807) is 62.4 Å². The van der Waals surface area contributed by atoms with Crippen molar-refractivity contribution in [1.29, 1.82) is 0 Å². The summed E-state index contributed by atoms with van der Waals surface area (Å²) in [7, 11) is -4.13. The topological polar surface area (TPSA) is 131 Å². The maximum atomic E-state index is 13.5. The van der Waals surface area contributed by atoms with Crippen LogP contribution in [0.5, 0.6) is 5.75 Å². The van der Waals surface area contributed by atoms with Gasteiger partial charge in [0.1, 0.15) is 12.3 Å². The van der Waals surface area contributed by atoms with Gasteiger partial charge in [0.2, 0.25) is 0 Å². The fourth-order valence-electron chi connectivity index (χ4n) is 3.18. The van der Waals surface area contributed by atoms with Crippen LogP contribution in [0.4, 0.5) is 11.4 Å². The minimum Gasteiger partial charge on any atom is -0.492 e. The van der Waals surface area contributed by atoms with Crippen molar-refractivity contribution in [3.8, 4) is 5.75 Å². The standard InChI is InChI=1S/C24H24N4O6S/c1-3-34-23-15-8-7-14-22(23)27(35(32,33)21-12-5-4-6-13-21)17-24(29)26-25-18(2)19-10-9-11-20(16-19)28(30)31/h4-16H,3,17H2,1-2H3,(H,26,29)/b25-18+. The Morgan fingerprint density at radius 1 is 1.06 bits per heavy atom. The number of benzene rings is 3. The van der Waals surface area contributed by atoms with Crippen molar-refractivity contribution in [2.45, 2.75) is 18.7 Å². The van der Waals surface area contributed by atoms with E-state index in [2.05, 4.69) is 10.5 Å². The van der Waals surface area contributed by atoms with Crippen LogP contribution in [0.2, 0.25) is 0 Å². The van der Waals surface area contributed by atoms with Crippen molar-refractivity contribution in [3.63, 3.8) is 0 Å². The number of para-hydroxylation sites is 2. The third-order valence-electron chi connectivity index (χ3n) is 4.88. The lowest BCUT2D eigenvalue weighted by Crippen LogP contribution is -2.40. The zero-order valence-electron chi connectivity index (χ0n) is 19.1. The van der Waals surface area contributed by atoms with E-state index in [4.69, 9.17) is 4.74 Å². The number of ether oxygens (including phenoxy) is 1. The summed E-state index contributed by atoms with van der Waals surface area (Å²) in [6.45, 7) is 3.06. The number of nitro groups is 1. The van der Waals surface area contributed by atoms with Gasteiger partial charge >= 0.3 is 0 Å². The molecule has 11 heteroatoms. The molecule has 1 N–H and O–H groups in total. The molecule has 0 saturated carbocycles. The van der Waals surface area contributed by atoms with Crippen LogP contribution in [-0.4, -0.2) is 38.1 Å². The van der Waals surface area contributed by atoms with Gasteiger partial charge in [-0.2, -0.15) is 5.10 Å². The molecule has 0 saturated heterocycles. The third-order valence-corrected chi connectivity index (χ3v) is 6.65. The molecule has 0 bridgehead atoms. The Kier molecular flexibility index (Phi) is 8.16. The third kappa shape index (κ3) is 6.21. The highest BCUT2D eigenvalue weighted by molar-refractivity contribution is 7.92. The lowest BCUT2D eigenvalue weighted by atomic mass is 10.1. The average molecular weight is 497 g/mol. The van der Waals surface area contributed by atoms with Gasteiger partial charge in [-0.05, 0) is 38.1 Å². The first-order valence-electron chi connectivity index (χ1n) is 10.6. The minimum atomic E-state index is -4.13. The maximum absolute atomic E-state index is 13.5. The summed E-state index contributed by atoms with van der Waals surface area (Å²) in [6, 6.07) is 20.1. The van der Waals surface area contributed by atoms with Crippen molar-refractivity contribution in [1.82, 2.24) is 5.43 Å². The first kappa shape index (κ1) is 25.4. The maximum Gasteiger partial charge on any atom is 0.270 e. The highest BCUT2D eigenvalue weighted by atomic mass is 32.2. The number of anilines is 1. The van der Waals surface area contributed by atoms with Crippen LogP contribution in [-0.2, 0) is 14.8 Å². The summed E-state index contributed by atoms with van der Waals surface area (Å²) >= 11 is 0. The van der Waals surface area contributed by atoms with Crippen LogP contribution >= 0.6 is 0 Å². The number of nitrogens with one attached hydrogen (secondary N) is 1. The normalized spacial score (nSPS) is 11.5. The van der Waals surface area contributed by atoms with E-state index >= 15 is 0 Å². The van der Waals surface area contributed by atoms with Gasteiger partial charge < -0.3 is 4.74 Å². The van der Waals surface area contributed by atoms with Crippen LogP contribution in [0.1, 0.15) is 19.4 Å². The van der Waals surface area contributed by atoms with Crippen molar-refractivity contribution >= 4 is 33.0 Å². The summed E-state index contributed by atoms with van der Waals surface area (Å²) in [5, 5.41) is 15.0. The van der Waals surface area contributed by atoms with E-state index in [0.29, 0.717) is 23.6 Å². The largest absolute Gasteiger partial charge is 0.492 e. The molecule has 0 radical (unpaired) electrons. The summed E-state index contributed by atoms with van der Waals surface area (Å²) in [6.07, 6.45) is 0. The van der Waals surface area contributed by atoms with Gasteiger partial charge in [-0.15, -0.1) is 0 Å². The van der Waals surface area contributed by atoms with Gasteiger partial charge in [0.15, 0.2) is 0 Å². The lowest BCUT2D eigenvalue weighted by molar-refractivity contribution is -0.384. The van der Waals surface area contributed by atoms with Gasteiger partial charge in [-0.1, -0.05) is 42.5 Å². The molecule has 182 valence electrons. The first-order chi connectivity index (χ1) is 16.7. The SMILES string of the molecule is CCOc1ccccc1N(CC(=O)N/N=C(\C)c1cccc([N+](=O)[O-])c1)S(=O)(=O)c1ccccc1. The van der Waals surface area contributed by atoms with E-state index in [0.717, 1.165) is 4.31 Å². The van der Waals surface area contributed by atoms with Gasteiger partial charge in [-0.3, -0.25) is 19.2 Å². The Morgan fingerprint density at radius 3 is 2.43 bits per heavy atom. The number of rotatable bonds is 10. The monoisotopic (exact) mass is 496 g/mol. The molecule has 0 aliphatic rings. The number of hydrogen-bond acceptors (Lipinski definition) is 7. The zero-order valence-corrected chi connectivity index (χ0v) is 19.9. The second-order valence-electron chi connectivity index (χ2n) is 7.27. The quantitative estimate of drug-likeness (QED) is 0.258. The second-order valence-corrected chi connectivity index (χ2v) is 9.13. The van der Waals surface area contributed by atoms with Crippen LogP contribution in [0, 0.1) is 10.1 Å². The van der Waals surface area contributed by atoms with E-state index in [9.17, 15) is 23.3 Å². The van der Waals surface area contributed by atoms with Gasteiger partial charge in [0.05, 0.1) is 27.8 Å². The summed E-state index contributed by atoms with van der Waals surface area (Å²) in [5.41, 5.74) is 3.18. The Labute approximate surface area is 203 Å². The zero-order chi connectivity index (χ0) is 25.4. The molecule has 0 heterocycles. The molecule has 10 nitrogen and oxygen atoms in total. The molecule has 1 amide bonds. The molecule has 3 aromatic carbocycles. The molecule has 0 aromatic heterocycles. The van der Waals surface area contributed by atoms with Crippen LogP contribution in [0.3, 0.4) is 0 Å². The van der Waals surface area contributed by atoms with Gasteiger partial charge in [-0.25, -0.2) is 13.8 Å². The number of nitro benzene ring substituents is 1. The number of carbonyl (C=O) groups is 1. The molecule has 0 spiro atoms. The number of sulfonamides is 1. The number of hydrogen-bond donors (Lipinski definition) is 1. The molecule has 3 rings (SSSR count). The Morgan fingerprint density at radius 2 is 1.74 bits per heavy atom. The fraction of sp³-hybridized carbons (Fsp3) is 0.167. The van der Waals surface area contributed by atoms with Crippen molar-refractivity contribution in [3.05, 3.63) is 94.5 Å². The predicted octanol–water partition coefficient (Wildman–Crippen LogP) is 3.73. The lowest BCUT2D eigenvalue weighted by Gasteiger charge is -2.25. The highest BCUT2D eigenvalue weighted by Crippen LogP contribution is 2.32. The Balaban J connectivity index is 1.91. The molecule has 0 fully saturated rings. The molecular formula is C24H24N4O6S. The van der Waals surface area contributed by atoms with Crippen molar-refractivity contribution in [2.75, 3.05) is 17.5 Å². The average Bonchev–Trinajstić information content (AvgIpc) is 2.87. The van der Waals surface area contributed by atoms with Gasteiger partial charge in [0.25, 0.3) is 21.6 Å². The van der Waals surface area contributed by atoms with E-state index < -0.39 is 27.4 Å². The number of amides is 1. The second kappa shape index (κ2) is 11.3. The van der Waals surface area contributed by atoms with Crippen LogP contribution in [0.25, 0.3) is 0 Å². The highest BCUT2D eigenvalue weighted by Gasteiger charge is 2.29. The Bertz CT molecular complexity index is 1340. The minimum absolute atomic E-state index is 0.00961. The first-order valence-corrected chi connectivity index (χ1v) is 12.1. The predicted molar refractivity (Wildman–Crippen MR) is 132 cm³/mol. The number of carbonyl (C=O) groups excluding carboxylic acids is 1. The molecule has 0 aliphatic carbocycles. The summed E-state index contributed by atoms with van der Waals surface area (Å²) in [5.74, 6) is -0.404. The Hall–Kier alpha value is -4.25. The van der Waals surface area contributed by atoms with E-state index in [-0.39, 0.29) is 16.3 Å². The number of hydrazone groups is 1. The molecular weight excluding hydrogens is 472 g/mol. The molecule has 0 aliphatic heterocycles.